The van der Waals surface area contributed by atoms with Crippen molar-refractivity contribution in [3.05, 3.63) is 0 Å². The normalized spacial score (nSPS) is 14.7. The average Bonchev–Trinajstić information content (AvgIpc) is 2.18. The summed E-state index contributed by atoms with van der Waals surface area (Å²) in [5.74, 6) is -0.153. The van der Waals surface area contributed by atoms with E-state index in [1.165, 1.54) is 19.3 Å². The molecule has 0 amide bonds. The van der Waals surface area contributed by atoms with Gasteiger partial charge in [0.2, 0.25) is 0 Å². The molecule has 1 N–H and O–H groups in total. The Bertz CT molecular complexity index is 171. The third-order valence-electron chi connectivity index (χ3n) is 2.42. The fourth-order valence-electron chi connectivity index (χ4n) is 1.55. The Morgan fingerprint density at radius 3 is 2.47 bits per heavy atom. The number of nitrogens with one attached hydrogen (secondary N) is 1. The molecular weight excluding hydrogens is 190 g/mol. The van der Waals surface area contributed by atoms with E-state index in [-0.39, 0.29) is 12.0 Å². The van der Waals surface area contributed by atoms with Crippen LogP contribution >= 0.6 is 0 Å². The zero-order valence-corrected chi connectivity index (χ0v) is 10.5. The number of hydrogen-bond acceptors (Lipinski definition) is 3. The maximum atomic E-state index is 11.3. The first-order chi connectivity index (χ1) is 7.11. The number of rotatable bonds is 8. The topological polar surface area (TPSA) is 38.3 Å². The summed E-state index contributed by atoms with van der Waals surface area (Å²) >= 11 is 0. The van der Waals surface area contributed by atoms with Crippen molar-refractivity contribution in [3.63, 3.8) is 0 Å². The Morgan fingerprint density at radius 2 is 1.93 bits per heavy atom. The molecule has 0 saturated carbocycles. The minimum atomic E-state index is -0.193. The lowest BCUT2D eigenvalue weighted by Crippen LogP contribution is -2.40. The van der Waals surface area contributed by atoms with Gasteiger partial charge in [0.25, 0.3) is 0 Å². The molecule has 0 aliphatic heterocycles. The van der Waals surface area contributed by atoms with Gasteiger partial charge in [-0.1, -0.05) is 26.2 Å². The van der Waals surface area contributed by atoms with Crippen LogP contribution in [0.15, 0.2) is 0 Å². The van der Waals surface area contributed by atoms with E-state index in [0.29, 0.717) is 12.6 Å². The third kappa shape index (κ3) is 7.37. The molecule has 0 aromatic heterocycles. The van der Waals surface area contributed by atoms with Crippen molar-refractivity contribution < 1.29 is 9.53 Å². The van der Waals surface area contributed by atoms with E-state index in [0.717, 1.165) is 6.42 Å². The SMILES string of the molecule is CCCCCC(C)NC(C)C(=O)OCC. The number of carbonyl (C=O) groups is 1. The van der Waals surface area contributed by atoms with Gasteiger partial charge in [0, 0.05) is 6.04 Å². The smallest absolute Gasteiger partial charge is 0.322 e. The first-order valence-corrected chi connectivity index (χ1v) is 6.04. The van der Waals surface area contributed by atoms with Gasteiger partial charge in [0.1, 0.15) is 6.04 Å². The van der Waals surface area contributed by atoms with Crippen LogP contribution in [0.1, 0.15) is 53.4 Å². The Hall–Kier alpha value is -0.570. The molecule has 0 spiro atoms. The molecule has 0 rings (SSSR count). The lowest BCUT2D eigenvalue weighted by Gasteiger charge is -2.18. The molecule has 0 bridgehead atoms. The second-order valence-corrected chi connectivity index (χ2v) is 4.04. The number of ether oxygens (including phenoxy) is 1. The van der Waals surface area contributed by atoms with Crippen molar-refractivity contribution in [2.75, 3.05) is 6.61 Å². The zero-order valence-electron chi connectivity index (χ0n) is 10.5. The van der Waals surface area contributed by atoms with Gasteiger partial charge in [0.05, 0.1) is 6.61 Å². The monoisotopic (exact) mass is 215 g/mol. The molecule has 15 heavy (non-hydrogen) atoms. The zero-order chi connectivity index (χ0) is 11.7. The van der Waals surface area contributed by atoms with Crippen LogP contribution < -0.4 is 5.32 Å². The standard InChI is InChI=1S/C12H25NO2/c1-5-7-8-9-10(3)13-11(4)12(14)15-6-2/h10-11,13H,5-9H2,1-4H3. The molecule has 90 valence electrons. The summed E-state index contributed by atoms with van der Waals surface area (Å²) in [7, 11) is 0. The summed E-state index contributed by atoms with van der Waals surface area (Å²) in [4.78, 5) is 11.3. The first kappa shape index (κ1) is 14.4. The van der Waals surface area contributed by atoms with E-state index in [9.17, 15) is 4.79 Å². The molecular formula is C12H25NO2. The highest BCUT2D eigenvalue weighted by molar-refractivity contribution is 5.75. The molecule has 2 unspecified atom stereocenters. The van der Waals surface area contributed by atoms with Gasteiger partial charge < -0.3 is 10.1 Å². The van der Waals surface area contributed by atoms with Gasteiger partial charge in [0.15, 0.2) is 0 Å². The summed E-state index contributed by atoms with van der Waals surface area (Å²) in [6.07, 6.45) is 4.84. The number of hydrogen-bond donors (Lipinski definition) is 1. The maximum absolute atomic E-state index is 11.3. The second-order valence-electron chi connectivity index (χ2n) is 4.04. The minimum absolute atomic E-state index is 0.153. The van der Waals surface area contributed by atoms with Crippen molar-refractivity contribution in [1.29, 1.82) is 0 Å². The molecule has 0 heterocycles. The predicted molar refractivity (Wildman–Crippen MR) is 62.8 cm³/mol. The summed E-state index contributed by atoms with van der Waals surface area (Å²) in [6.45, 7) is 8.45. The molecule has 0 aliphatic rings. The Kier molecular flexibility index (Phi) is 8.38. The van der Waals surface area contributed by atoms with Crippen LogP contribution in [-0.2, 0) is 9.53 Å². The van der Waals surface area contributed by atoms with Crippen molar-refractivity contribution in [2.45, 2.75) is 65.5 Å². The van der Waals surface area contributed by atoms with E-state index in [1.807, 2.05) is 13.8 Å². The van der Waals surface area contributed by atoms with Crippen LogP contribution in [0.25, 0.3) is 0 Å². The van der Waals surface area contributed by atoms with Crippen molar-refractivity contribution in [3.8, 4) is 0 Å². The average molecular weight is 215 g/mol. The quantitative estimate of drug-likeness (QED) is 0.499. The lowest BCUT2D eigenvalue weighted by atomic mass is 10.1. The fourth-order valence-corrected chi connectivity index (χ4v) is 1.55. The highest BCUT2D eigenvalue weighted by atomic mass is 16.5. The van der Waals surface area contributed by atoms with Crippen LogP contribution in [0.5, 0.6) is 0 Å². The summed E-state index contributed by atoms with van der Waals surface area (Å²) in [6, 6.07) is 0.192. The highest BCUT2D eigenvalue weighted by Gasteiger charge is 2.15. The maximum Gasteiger partial charge on any atom is 0.322 e. The van der Waals surface area contributed by atoms with Crippen LogP contribution in [0.3, 0.4) is 0 Å². The van der Waals surface area contributed by atoms with Gasteiger partial charge in [-0.15, -0.1) is 0 Å². The van der Waals surface area contributed by atoms with Gasteiger partial charge in [-0.3, -0.25) is 4.79 Å². The van der Waals surface area contributed by atoms with Gasteiger partial charge in [-0.2, -0.15) is 0 Å². The third-order valence-corrected chi connectivity index (χ3v) is 2.42. The number of carbonyl (C=O) groups excluding carboxylic acids is 1. The molecule has 0 aromatic carbocycles. The van der Waals surface area contributed by atoms with Crippen LogP contribution in [0, 0.1) is 0 Å². The van der Waals surface area contributed by atoms with Gasteiger partial charge in [-0.25, -0.2) is 0 Å². The van der Waals surface area contributed by atoms with Crippen molar-refractivity contribution in [1.82, 2.24) is 5.32 Å². The van der Waals surface area contributed by atoms with Crippen LogP contribution in [0.4, 0.5) is 0 Å². The van der Waals surface area contributed by atoms with Crippen LogP contribution in [-0.4, -0.2) is 24.7 Å². The largest absolute Gasteiger partial charge is 0.465 e. The Labute approximate surface area is 93.6 Å². The van der Waals surface area contributed by atoms with Crippen LogP contribution in [0.2, 0.25) is 0 Å². The lowest BCUT2D eigenvalue weighted by molar-refractivity contribution is -0.145. The summed E-state index contributed by atoms with van der Waals surface area (Å²) < 4.78 is 4.93. The summed E-state index contributed by atoms with van der Waals surface area (Å²) in [5, 5.41) is 3.25. The molecule has 0 fully saturated rings. The Balaban J connectivity index is 3.65. The number of unbranched alkanes of at least 4 members (excludes halogenated alkanes) is 2. The highest BCUT2D eigenvalue weighted by Crippen LogP contribution is 2.03. The minimum Gasteiger partial charge on any atom is -0.465 e. The van der Waals surface area contributed by atoms with Crippen molar-refractivity contribution in [2.24, 2.45) is 0 Å². The molecule has 0 saturated heterocycles. The van der Waals surface area contributed by atoms with E-state index in [2.05, 4.69) is 19.2 Å². The molecule has 2 atom stereocenters. The molecule has 0 aliphatic carbocycles. The molecule has 0 aromatic rings. The summed E-state index contributed by atoms with van der Waals surface area (Å²) in [5.41, 5.74) is 0. The van der Waals surface area contributed by atoms with E-state index in [1.54, 1.807) is 0 Å². The van der Waals surface area contributed by atoms with Gasteiger partial charge in [-0.05, 0) is 27.2 Å². The molecule has 0 radical (unpaired) electrons. The fraction of sp³-hybridized carbons (Fsp3) is 0.917. The molecule has 3 heteroatoms. The molecule has 3 nitrogen and oxygen atoms in total. The first-order valence-electron chi connectivity index (χ1n) is 6.04. The van der Waals surface area contributed by atoms with Crippen molar-refractivity contribution >= 4 is 5.97 Å². The van der Waals surface area contributed by atoms with E-state index in [4.69, 9.17) is 4.74 Å². The van der Waals surface area contributed by atoms with E-state index >= 15 is 0 Å². The van der Waals surface area contributed by atoms with E-state index < -0.39 is 0 Å². The number of esters is 1. The predicted octanol–water partition coefficient (Wildman–Crippen LogP) is 2.50. The van der Waals surface area contributed by atoms with Gasteiger partial charge >= 0.3 is 5.97 Å². The Morgan fingerprint density at radius 1 is 1.27 bits per heavy atom. The second kappa shape index (κ2) is 8.72.